The molecule has 1 atom stereocenters. The molecule has 2 heterocycles. The Labute approximate surface area is 106 Å². The van der Waals surface area contributed by atoms with Crippen molar-refractivity contribution in [1.29, 1.82) is 0 Å². The smallest absolute Gasteiger partial charge is 0.103 e. The van der Waals surface area contributed by atoms with Crippen LogP contribution in [0.3, 0.4) is 0 Å². The van der Waals surface area contributed by atoms with Gasteiger partial charge in [-0.3, -0.25) is 4.68 Å². The molecule has 0 fully saturated rings. The topological polar surface area (TPSA) is 43.8 Å². The second-order valence-electron chi connectivity index (χ2n) is 4.39. The SMILES string of the molecule is CCCC(N)c1ccc(-c2cc(C)n(C)n2)s1. The number of nitrogens with zero attached hydrogens (tertiary/aromatic N) is 2. The molecule has 2 aromatic heterocycles. The van der Waals surface area contributed by atoms with Crippen molar-refractivity contribution in [2.45, 2.75) is 32.7 Å². The second kappa shape index (κ2) is 5.02. The lowest BCUT2D eigenvalue weighted by Gasteiger charge is -2.06. The van der Waals surface area contributed by atoms with Gasteiger partial charge in [-0.15, -0.1) is 11.3 Å². The summed E-state index contributed by atoms with van der Waals surface area (Å²) in [6.07, 6.45) is 2.16. The predicted molar refractivity (Wildman–Crippen MR) is 73.1 cm³/mol. The largest absolute Gasteiger partial charge is 0.323 e. The number of aryl methyl sites for hydroxylation is 2. The van der Waals surface area contributed by atoms with Gasteiger partial charge >= 0.3 is 0 Å². The number of thiophene rings is 1. The number of hydrogen-bond donors (Lipinski definition) is 1. The Kier molecular flexibility index (Phi) is 3.64. The van der Waals surface area contributed by atoms with E-state index in [-0.39, 0.29) is 6.04 Å². The third kappa shape index (κ3) is 2.58. The summed E-state index contributed by atoms with van der Waals surface area (Å²) in [5.74, 6) is 0. The molecule has 0 bridgehead atoms. The summed E-state index contributed by atoms with van der Waals surface area (Å²) in [4.78, 5) is 2.46. The molecule has 92 valence electrons. The Balaban J connectivity index is 2.23. The van der Waals surface area contributed by atoms with E-state index in [9.17, 15) is 0 Å². The summed E-state index contributed by atoms with van der Waals surface area (Å²) < 4.78 is 1.90. The maximum atomic E-state index is 6.12. The molecule has 0 aliphatic heterocycles. The molecule has 0 aliphatic rings. The quantitative estimate of drug-likeness (QED) is 0.904. The average Bonchev–Trinajstić information content (AvgIpc) is 2.87. The minimum absolute atomic E-state index is 0.170. The van der Waals surface area contributed by atoms with Crippen LogP contribution in [0.5, 0.6) is 0 Å². The molecular formula is C13H19N3S. The standard InChI is InChI=1S/C13H19N3S/c1-4-5-10(14)12-6-7-13(17-12)11-8-9(2)16(3)15-11/h6-8,10H,4-5,14H2,1-3H3. The third-order valence-corrected chi connectivity index (χ3v) is 4.20. The van der Waals surface area contributed by atoms with Crippen LogP contribution in [0.4, 0.5) is 0 Å². The fourth-order valence-corrected chi connectivity index (χ4v) is 2.82. The van der Waals surface area contributed by atoms with Crippen molar-refractivity contribution in [1.82, 2.24) is 9.78 Å². The van der Waals surface area contributed by atoms with Gasteiger partial charge in [-0.05, 0) is 31.5 Å². The summed E-state index contributed by atoms with van der Waals surface area (Å²) in [5, 5.41) is 4.49. The lowest BCUT2D eigenvalue weighted by molar-refractivity contribution is 0.648. The molecule has 3 nitrogen and oxygen atoms in total. The van der Waals surface area contributed by atoms with Crippen LogP contribution < -0.4 is 5.73 Å². The van der Waals surface area contributed by atoms with Gasteiger partial charge in [-0.25, -0.2) is 0 Å². The second-order valence-corrected chi connectivity index (χ2v) is 5.51. The fourth-order valence-electron chi connectivity index (χ4n) is 1.82. The molecule has 2 aromatic rings. The van der Waals surface area contributed by atoms with Gasteiger partial charge in [0.25, 0.3) is 0 Å². The van der Waals surface area contributed by atoms with Crippen LogP contribution in [0.25, 0.3) is 10.6 Å². The Morgan fingerprint density at radius 2 is 2.24 bits per heavy atom. The van der Waals surface area contributed by atoms with Crippen molar-refractivity contribution in [3.63, 3.8) is 0 Å². The molecule has 0 spiro atoms. The Morgan fingerprint density at radius 3 is 2.82 bits per heavy atom. The maximum Gasteiger partial charge on any atom is 0.103 e. The highest BCUT2D eigenvalue weighted by molar-refractivity contribution is 7.15. The van der Waals surface area contributed by atoms with Crippen molar-refractivity contribution in [3.8, 4) is 10.6 Å². The summed E-state index contributed by atoms with van der Waals surface area (Å²) in [6, 6.07) is 6.53. The molecule has 0 saturated carbocycles. The summed E-state index contributed by atoms with van der Waals surface area (Å²) in [6.45, 7) is 4.23. The highest BCUT2D eigenvalue weighted by atomic mass is 32.1. The molecule has 0 aromatic carbocycles. The monoisotopic (exact) mass is 249 g/mol. The van der Waals surface area contributed by atoms with E-state index in [1.165, 1.54) is 15.4 Å². The van der Waals surface area contributed by atoms with Gasteiger partial charge in [0.15, 0.2) is 0 Å². The first kappa shape index (κ1) is 12.3. The zero-order valence-corrected chi connectivity index (χ0v) is 11.4. The van der Waals surface area contributed by atoms with Gasteiger partial charge in [0.2, 0.25) is 0 Å². The fraction of sp³-hybridized carbons (Fsp3) is 0.462. The Hall–Kier alpha value is -1.13. The first-order valence-corrected chi connectivity index (χ1v) is 6.79. The normalized spacial score (nSPS) is 12.9. The highest BCUT2D eigenvalue weighted by Crippen LogP contribution is 2.31. The van der Waals surface area contributed by atoms with E-state index in [1.54, 1.807) is 11.3 Å². The molecule has 0 aliphatic carbocycles. The predicted octanol–water partition coefficient (Wildman–Crippen LogP) is 3.26. The van der Waals surface area contributed by atoms with Crippen molar-refractivity contribution >= 4 is 11.3 Å². The van der Waals surface area contributed by atoms with Crippen molar-refractivity contribution < 1.29 is 0 Å². The van der Waals surface area contributed by atoms with Crippen molar-refractivity contribution in [2.24, 2.45) is 12.8 Å². The summed E-state index contributed by atoms with van der Waals surface area (Å²) >= 11 is 1.76. The lowest BCUT2D eigenvalue weighted by atomic mass is 10.1. The molecule has 4 heteroatoms. The van der Waals surface area contributed by atoms with Crippen LogP contribution in [0.15, 0.2) is 18.2 Å². The summed E-state index contributed by atoms with van der Waals surface area (Å²) in [7, 11) is 1.97. The number of nitrogens with two attached hydrogens (primary N) is 1. The first-order valence-electron chi connectivity index (χ1n) is 5.98. The lowest BCUT2D eigenvalue weighted by Crippen LogP contribution is -2.07. The van der Waals surface area contributed by atoms with Crippen molar-refractivity contribution in [2.75, 3.05) is 0 Å². The van der Waals surface area contributed by atoms with E-state index >= 15 is 0 Å². The van der Waals surface area contributed by atoms with Gasteiger partial charge in [0.1, 0.15) is 5.69 Å². The molecule has 0 radical (unpaired) electrons. The van der Waals surface area contributed by atoms with E-state index in [0.29, 0.717) is 0 Å². The molecule has 2 N–H and O–H groups in total. The molecular weight excluding hydrogens is 230 g/mol. The Morgan fingerprint density at radius 1 is 1.47 bits per heavy atom. The zero-order valence-electron chi connectivity index (χ0n) is 10.6. The van der Waals surface area contributed by atoms with Crippen LogP contribution in [0.1, 0.15) is 36.4 Å². The van der Waals surface area contributed by atoms with Gasteiger partial charge in [0, 0.05) is 23.7 Å². The number of rotatable bonds is 4. The van der Waals surface area contributed by atoms with Crippen LogP contribution in [-0.4, -0.2) is 9.78 Å². The van der Waals surface area contributed by atoms with Gasteiger partial charge in [0.05, 0.1) is 4.88 Å². The van der Waals surface area contributed by atoms with E-state index < -0.39 is 0 Å². The van der Waals surface area contributed by atoms with Crippen LogP contribution in [0.2, 0.25) is 0 Å². The Bertz CT molecular complexity index is 479. The third-order valence-electron chi connectivity index (χ3n) is 2.96. The van der Waals surface area contributed by atoms with Gasteiger partial charge < -0.3 is 5.73 Å². The van der Waals surface area contributed by atoms with Crippen LogP contribution >= 0.6 is 11.3 Å². The average molecular weight is 249 g/mol. The van der Waals surface area contributed by atoms with E-state index in [0.717, 1.165) is 18.5 Å². The van der Waals surface area contributed by atoms with E-state index in [1.807, 2.05) is 11.7 Å². The van der Waals surface area contributed by atoms with Crippen molar-refractivity contribution in [3.05, 3.63) is 28.8 Å². The summed E-state index contributed by atoms with van der Waals surface area (Å²) in [5.41, 5.74) is 8.34. The van der Waals surface area contributed by atoms with Crippen LogP contribution in [-0.2, 0) is 7.05 Å². The van der Waals surface area contributed by atoms with Gasteiger partial charge in [-0.1, -0.05) is 13.3 Å². The minimum atomic E-state index is 0.170. The number of hydrogen-bond acceptors (Lipinski definition) is 3. The van der Waals surface area contributed by atoms with E-state index in [4.69, 9.17) is 5.73 Å². The molecule has 2 rings (SSSR count). The van der Waals surface area contributed by atoms with Crippen LogP contribution in [0, 0.1) is 6.92 Å². The molecule has 17 heavy (non-hydrogen) atoms. The number of aromatic nitrogens is 2. The zero-order chi connectivity index (χ0) is 12.4. The first-order chi connectivity index (χ1) is 8.11. The molecule has 0 amide bonds. The minimum Gasteiger partial charge on any atom is -0.323 e. The maximum absolute atomic E-state index is 6.12. The molecule has 1 unspecified atom stereocenters. The highest BCUT2D eigenvalue weighted by Gasteiger charge is 2.11. The van der Waals surface area contributed by atoms with E-state index in [2.05, 4.69) is 37.1 Å². The molecule has 0 saturated heterocycles. The van der Waals surface area contributed by atoms with Gasteiger partial charge in [-0.2, -0.15) is 5.10 Å².